The number of benzene rings is 1. The summed E-state index contributed by atoms with van der Waals surface area (Å²) in [6.45, 7) is 5.97. The molecule has 0 aliphatic rings. The van der Waals surface area contributed by atoms with E-state index in [0.29, 0.717) is 5.95 Å². The molecule has 1 aromatic carbocycles. The van der Waals surface area contributed by atoms with Gasteiger partial charge in [0, 0.05) is 11.4 Å². The summed E-state index contributed by atoms with van der Waals surface area (Å²) in [5, 5.41) is 4.41. The summed E-state index contributed by atoms with van der Waals surface area (Å²) in [5.41, 5.74) is 6.91. The van der Waals surface area contributed by atoms with E-state index in [1.54, 1.807) is 0 Å². The Bertz CT molecular complexity index is 556. The van der Waals surface area contributed by atoms with Crippen molar-refractivity contribution in [2.45, 2.75) is 27.2 Å². The number of hydrazone groups is 1. The summed E-state index contributed by atoms with van der Waals surface area (Å²) in [4.78, 5) is 8.61. The number of aromatic nitrogens is 2. The second-order valence-electron chi connectivity index (χ2n) is 4.36. The highest BCUT2D eigenvalue weighted by atomic mass is 15.4. The third kappa shape index (κ3) is 3.61. The first kappa shape index (κ1) is 13.2. The molecule has 0 saturated heterocycles. The van der Waals surface area contributed by atoms with Crippen molar-refractivity contribution in [3.8, 4) is 0 Å². The van der Waals surface area contributed by atoms with Crippen LogP contribution >= 0.6 is 0 Å². The van der Waals surface area contributed by atoms with Gasteiger partial charge in [0.15, 0.2) is 0 Å². The number of anilines is 1. The smallest absolute Gasteiger partial charge is 0.243 e. The van der Waals surface area contributed by atoms with Gasteiger partial charge in [0.05, 0.1) is 5.71 Å². The first-order valence-electron chi connectivity index (χ1n) is 6.39. The Labute approximate surface area is 113 Å². The molecule has 19 heavy (non-hydrogen) atoms. The molecule has 0 fully saturated rings. The van der Waals surface area contributed by atoms with Gasteiger partial charge in [-0.1, -0.05) is 37.3 Å². The standard InChI is InChI=1S/C15H18N4/c1-4-14(13-8-6-5-7-9-13)18-19-15-16-11(2)10-12(3)17-15/h5-10H,4H2,1-3H3,(H,16,17,19)/b18-14+. The van der Waals surface area contributed by atoms with Crippen LogP contribution in [0.15, 0.2) is 41.5 Å². The zero-order valence-corrected chi connectivity index (χ0v) is 11.5. The van der Waals surface area contributed by atoms with Crippen molar-refractivity contribution in [2.75, 3.05) is 5.43 Å². The Morgan fingerprint density at radius 1 is 1.11 bits per heavy atom. The fraction of sp³-hybridized carbons (Fsp3) is 0.267. The van der Waals surface area contributed by atoms with E-state index in [-0.39, 0.29) is 0 Å². The monoisotopic (exact) mass is 254 g/mol. The lowest BCUT2D eigenvalue weighted by molar-refractivity contribution is 1.03. The maximum Gasteiger partial charge on any atom is 0.243 e. The Balaban J connectivity index is 2.20. The molecule has 0 spiro atoms. The number of nitrogens with one attached hydrogen (secondary N) is 1. The Kier molecular flexibility index (Phi) is 4.23. The topological polar surface area (TPSA) is 50.2 Å². The second kappa shape index (κ2) is 6.09. The lowest BCUT2D eigenvalue weighted by atomic mass is 10.1. The quantitative estimate of drug-likeness (QED) is 0.672. The highest BCUT2D eigenvalue weighted by Crippen LogP contribution is 2.07. The summed E-state index contributed by atoms with van der Waals surface area (Å²) in [7, 11) is 0. The molecule has 1 aromatic heterocycles. The van der Waals surface area contributed by atoms with Crippen LogP contribution in [0.25, 0.3) is 0 Å². The second-order valence-corrected chi connectivity index (χ2v) is 4.36. The molecule has 0 aliphatic heterocycles. The predicted octanol–water partition coefficient (Wildman–Crippen LogP) is 3.32. The van der Waals surface area contributed by atoms with Crippen LogP contribution < -0.4 is 5.43 Å². The van der Waals surface area contributed by atoms with Crippen LogP contribution in [0.2, 0.25) is 0 Å². The fourth-order valence-electron chi connectivity index (χ4n) is 1.87. The number of hydrogen-bond acceptors (Lipinski definition) is 4. The van der Waals surface area contributed by atoms with Gasteiger partial charge in [0.1, 0.15) is 0 Å². The van der Waals surface area contributed by atoms with Gasteiger partial charge >= 0.3 is 0 Å². The molecular weight excluding hydrogens is 236 g/mol. The van der Waals surface area contributed by atoms with Crippen LogP contribution in [0, 0.1) is 13.8 Å². The summed E-state index contributed by atoms with van der Waals surface area (Å²) < 4.78 is 0. The predicted molar refractivity (Wildman–Crippen MR) is 78.4 cm³/mol. The van der Waals surface area contributed by atoms with Crippen molar-refractivity contribution in [2.24, 2.45) is 5.10 Å². The molecule has 0 atom stereocenters. The van der Waals surface area contributed by atoms with Crippen LogP contribution in [0.5, 0.6) is 0 Å². The van der Waals surface area contributed by atoms with Crippen molar-refractivity contribution >= 4 is 11.7 Å². The molecule has 98 valence electrons. The zero-order chi connectivity index (χ0) is 13.7. The molecule has 1 N–H and O–H groups in total. The summed E-state index contributed by atoms with van der Waals surface area (Å²) in [6, 6.07) is 12.0. The number of nitrogens with zero attached hydrogens (tertiary/aromatic N) is 3. The van der Waals surface area contributed by atoms with Crippen LogP contribution in [0.4, 0.5) is 5.95 Å². The molecule has 4 nitrogen and oxygen atoms in total. The van der Waals surface area contributed by atoms with Crippen molar-refractivity contribution in [3.05, 3.63) is 53.3 Å². The molecule has 0 unspecified atom stereocenters. The Hall–Kier alpha value is -2.23. The van der Waals surface area contributed by atoms with Crippen LogP contribution in [-0.4, -0.2) is 15.7 Å². The minimum Gasteiger partial charge on any atom is -0.245 e. The first-order valence-corrected chi connectivity index (χ1v) is 6.39. The zero-order valence-electron chi connectivity index (χ0n) is 11.5. The maximum atomic E-state index is 4.41. The van der Waals surface area contributed by atoms with E-state index in [1.165, 1.54) is 0 Å². The van der Waals surface area contributed by atoms with Gasteiger partial charge in [0.25, 0.3) is 0 Å². The van der Waals surface area contributed by atoms with Crippen molar-refractivity contribution in [3.63, 3.8) is 0 Å². The van der Waals surface area contributed by atoms with Crippen LogP contribution in [0.1, 0.15) is 30.3 Å². The molecule has 0 saturated carbocycles. The van der Waals surface area contributed by atoms with Crippen molar-refractivity contribution < 1.29 is 0 Å². The maximum absolute atomic E-state index is 4.41. The van der Waals surface area contributed by atoms with E-state index in [2.05, 4.69) is 27.4 Å². The Morgan fingerprint density at radius 2 is 1.74 bits per heavy atom. The molecule has 0 radical (unpaired) electrons. The molecule has 0 aliphatic carbocycles. The lowest BCUT2D eigenvalue weighted by Crippen LogP contribution is -2.05. The van der Waals surface area contributed by atoms with E-state index in [1.807, 2.05) is 50.2 Å². The molecule has 4 heteroatoms. The van der Waals surface area contributed by atoms with Gasteiger partial charge in [-0.15, -0.1) is 0 Å². The third-order valence-electron chi connectivity index (χ3n) is 2.72. The molecule has 2 rings (SSSR count). The van der Waals surface area contributed by atoms with Gasteiger partial charge in [-0.25, -0.2) is 15.4 Å². The first-order chi connectivity index (χ1) is 9.19. The minimum absolute atomic E-state index is 0.541. The van der Waals surface area contributed by atoms with E-state index in [4.69, 9.17) is 0 Å². The number of rotatable bonds is 4. The van der Waals surface area contributed by atoms with Crippen LogP contribution in [-0.2, 0) is 0 Å². The average molecular weight is 254 g/mol. The number of hydrogen-bond donors (Lipinski definition) is 1. The fourth-order valence-corrected chi connectivity index (χ4v) is 1.87. The van der Waals surface area contributed by atoms with E-state index in [9.17, 15) is 0 Å². The van der Waals surface area contributed by atoms with Crippen LogP contribution in [0.3, 0.4) is 0 Å². The largest absolute Gasteiger partial charge is 0.245 e. The lowest BCUT2D eigenvalue weighted by Gasteiger charge is -2.06. The van der Waals surface area contributed by atoms with E-state index >= 15 is 0 Å². The molecule has 1 heterocycles. The molecule has 0 amide bonds. The van der Waals surface area contributed by atoms with E-state index in [0.717, 1.165) is 29.1 Å². The van der Waals surface area contributed by atoms with Gasteiger partial charge in [0.2, 0.25) is 5.95 Å². The van der Waals surface area contributed by atoms with Gasteiger partial charge in [-0.05, 0) is 31.9 Å². The molecule has 2 aromatic rings. The molecule has 0 bridgehead atoms. The highest BCUT2D eigenvalue weighted by Gasteiger charge is 2.02. The van der Waals surface area contributed by atoms with E-state index < -0.39 is 0 Å². The Morgan fingerprint density at radius 3 is 2.32 bits per heavy atom. The van der Waals surface area contributed by atoms with Crippen molar-refractivity contribution in [1.29, 1.82) is 0 Å². The summed E-state index contributed by atoms with van der Waals surface area (Å²) in [6.07, 6.45) is 0.849. The SMILES string of the molecule is CC/C(=N\Nc1nc(C)cc(C)n1)c1ccccc1. The summed E-state index contributed by atoms with van der Waals surface area (Å²) in [5.74, 6) is 0.541. The van der Waals surface area contributed by atoms with Gasteiger partial charge < -0.3 is 0 Å². The summed E-state index contributed by atoms with van der Waals surface area (Å²) >= 11 is 0. The highest BCUT2D eigenvalue weighted by molar-refractivity contribution is 6.00. The number of aryl methyl sites for hydroxylation is 2. The average Bonchev–Trinajstić information content (AvgIpc) is 2.39. The van der Waals surface area contributed by atoms with Gasteiger partial charge in [-0.3, -0.25) is 0 Å². The molecular formula is C15H18N4. The van der Waals surface area contributed by atoms with Crippen molar-refractivity contribution in [1.82, 2.24) is 9.97 Å². The normalized spacial score (nSPS) is 11.4. The third-order valence-corrected chi connectivity index (χ3v) is 2.72. The minimum atomic E-state index is 0.541. The van der Waals surface area contributed by atoms with Gasteiger partial charge in [-0.2, -0.15) is 5.10 Å².